The Labute approximate surface area is 271 Å². The number of nitrogens with zero attached hydrogens (tertiary/aromatic N) is 3. The molecule has 0 aliphatic carbocycles. The molecule has 1 aromatic heterocycles. The van der Waals surface area contributed by atoms with Crippen LogP contribution in [0.5, 0.6) is 0 Å². The summed E-state index contributed by atoms with van der Waals surface area (Å²) in [6.45, 7) is 6.50. The number of likely N-dealkylation sites (tertiary alicyclic amines) is 1. The Morgan fingerprint density at radius 3 is 2.22 bits per heavy atom. The van der Waals surface area contributed by atoms with E-state index >= 15 is 0 Å². The average Bonchev–Trinajstić information content (AvgIpc) is 3.00. The van der Waals surface area contributed by atoms with Gasteiger partial charge < -0.3 is 20.4 Å². The van der Waals surface area contributed by atoms with Gasteiger partial charge in [0.2, 0.25) is 11.8 Å². The van der Waals surface area contributed by atoms with Gasteiger partial charge in [0, 0.05) is 51.6 Å². The molecule has 10 nitrogen and oxygen atoms in total. The summed E-state index contributed by atoms with van der Waals surface area (Å²) in [4.78, 5) is 46.3. The van der Waals surface area contributed by atoms with Gasteiger partial charge in [-0.1, -0.05) is 42.5 Å². The normalized spacial score (nSPS) is 14.6. The molecule has 45 heavy (non-hydrogen) atoms. The number of rotatable bonds is 12. The molecular weight excluding hydrogens is 614 g/mol. The first kappa shape index (κ1) is 35.7. The Morgan fingerprint density at radius 2 is 1.67 bits per heavy atom. The van der Waals surface area contributed by atoms with Crippen LogP contribution in [0.4, 0.5) is 5.82 Å². The van der Waals surface area contributed by atoms with E-state index in [0.717, 1.165) is 50.0 Å². The van der Waals surface area contributed by atoms with Crippen LogP contribution in [0.2, 0.25) is 0 Å². The Balaban J connectivity index is 0.00000552. The maximum atomic E-state index is 13.2. The number of anilines is 1. The van der Waals surface area contributed by atoms with E-state index in [4.69, 9.17) is 0 Å². The number of halogens is 1. The van der Waals surface area contributed by atoms with Crippen LogP contribution in [0.15, 0.2) is 77.8 Å². The molecule has 1 fully saturated rings. The van der Waals surface area contributed by atoms with Crippen molar-refractivity contribution in [2.45, 2.75) is 56.5 Å². The van der Waals surface area contributed by atoms with Crippen molar-refractivity contribution in [3.8, 4) is 0 Å². The molecule has 0 bridgehead atoms. The van der Waals surface area contributed by atoms with Crippen molar-refractivity contribution in [2.24, 2.45) is 0 Å². The number of likely N-dealkylation sites (N-methyl/N-ethyl adjacent to an activating group) is 1. The quantitative estimate of drug-likeness (QED) is 0.298. The first-order valence-corrected chi connectivity index (χ1v) is 16.8. The molecule has 0 saturated carbocycles. The summed E-state index contributed by atoms with van der Waals surface area (Å²) in [5.74, 6) is -0.0219. The first-order valence-electron chi connectivity index (χ1n) is 14.9. The van der Waals surface area contributed by atoms with Crippen LogP contribution < -0.4 is 10.6 Å². The van der Waals surface area contributed by atoms with Gasteiger partial charge in [0.15, 0.2) is 9.84 Å². The number of hydrogen-bond acceptors (Lipinski definition) is 7. The van der Waals surface area contributed by atoms with Gasteiger partial charge in [-0.25, -0.2) is 13.4 Å². The first-order chi connectivity index (χ1) is 21.0. The fourth-order valence-electron chi connectivity index (χ4n) is 5.57. The van der Waals surface area contributed by atoms with Crippen LogP contribution in [-0.2, 0) is 25.8 Å². The maximum Gasteiger partial charge on any atom is 0.253 e. The van der Waals surface area contributed by atoms with Gasteiger partial charge in [-0.3, -0.25) is 14.4 Å². The minimum Gasteiger partial charge on any atom is -0.345 e. The van der Waals surface area contributed by atoms with E-state index in [-0.39, 0.29) is 53.5 Å². The lowest BCUT2D eigenvalue weighted by Crippen LogP contribution is -2.48. The molecule has 3 amide bonds. The number of carbonyl (C=O) groups excluding carboxylic acids is 3. The highest BCUT2D eigenvalue weighted by Gasteiger charge is 2.28. The third-order valence-corrected chi connectivity index (χ3v) is 9.07. The van der Waals surface area contributed by atoms with E-state index in [2.05, 4.69) is 20.5 Å². The molecule has 12 heteroatoms. The summed E-state index contributed by atoms with van der Waals surface area (Å²) in [5, 5.41) is 5.76. The number of piperidine rings is 1. The predicted molar refractivity (Wildman–Crippen MR) is 177 cm³/mol. The van der Waals surface area contributed by atoms with Gasteiger partial charge in [-0.2, -0.15) is 0 Å². The van der Waals surface area contributed by atoms with Crippen molar-refractivity contribution in [1.29, 1.82) is 0 Å². The number of pyridine rings is 1. The topological polar surface area (TPSA) is 129 Å². The number of sulfone groups is 1. The smallest absolute Gasteiger partial charge is 0.253 e. The highest BCUT2D eigenvalue weighted by Crippen LogP contribution is 2.22. The average molecular weight is 656 g/mol. The highest BCUT2D eigenvalue weighted by atomic mass is 35.5. The number of amides is 3. The number of benzene rings is 2. The van der Waals surface area contributed by atoms with E-state index in [1.165, 1.54) is 19.4 Å². The molecular formula is C33H42ClN5O5S. The van der Waals surface area contributed by atoms with Crippen molar-refractivity contribution in [3.63, 3.8) is 0 Å². The zero-order valence-electron chi connectivity index (χ0n) is 25.9. The molecule has 0 unspecified atom stereocenters. The minimum atomic E-state index is -3.28. The largest absolute Gasteiger partial charge is 0.345 e. The van der Waals surface area contributed by atoms with Crippen molar-refractivity contribution in [3.05, 3.63) is 89.6 Å². The fourth-order valence-corrected chi connectivity index (χ4v) is 6.20. The van der Waals surface area contributed by atoms with Crippen LogP contribution in [0.25, 0.3) is 0 Å². The monoisotopic (exact) mass is 655 g/mol. The Kier molecular flexibility index (Phi) is 13.1. The summed E-state index contributed by atoms with van der Waals surface area (Å²) in [5.41, 5.74) is 2.23. The molecule has 242 valence electrons. The lowest BCUT2D eigenvalue weighted by Gasteiger charge is -2.38. The second-order valence-electron chi connectivity index (χ2n) is 11.2. The molecule has 4 rings (SSSR count). The fraction of sp³-hybridized carbons (Fsp3) is 0.394. The summed E-state index contributed by atoms with van der Waals surface area (Å²) in [6, 6.07) is 19.6. The van der Waals surface area contributed by atoms with Crippen molar-refractivity contribution < 1.29 is 22.8 Å². The van der Waals surface area contributed by atoms with E-state index in [1.54, 1.807) is 36.4 Å². The Hall–Kier alpha value is -3.80. The van der Waals surface area contributed by atoms with Gasteiger partial charge >= 0.3 is 0 Å². The maximum absolute atomic E-state index is 13.2. The number of aromatic nitrogens is 1. The molecule has 3 aromatic rings. The predicted octanol–water partition coefficient (Wildman–Crippen LogP) is 4.28. The molecule has 1 saturated heterocycles. The molecule has 1 aliphatic rings. The number of hydrogen-bond donors (Lipinski definition) is 2. The molecule has 2 heterocycles. The standard InChI is InChI=1S/C33H41N5O5S.ClH/c1-4-38(32(40)22-25-10-13-29(14-11-25)44(3,42)43)28-16-19-37(20-17-28)21-18-30(26-8-6-5-7-9-26)36-33(41)27-12-15-31(34-23-27)35-24(2)39;/h5-15,23,28,30H,4,16-22H2,1-3H3,(H,36,41)(H,34,35,39);1H/t30-;/m0./s1. The van der Waals surface area contributed by atoms with E-state index in [9.17, 15) is 22.8 Å². The Bertz CT molecular complexity index is 1530. The summed E-state index contributed by atoms with van der Waals surface area (Å²) >= 11 is 0. The number of nitrogens with one attached hydrogen (secondary N) is 2. The van der Waals surface area contributed by atoms with Crippen LogP contribution in [-0.4, -0.2) is 79.4 Å². The van der Waals surface area contributed by atoms with E-state index in [0.29, 0.717) is 17.9 Å². The van der Waals surface area contributed by atoms with Crippen molar-refractivity contribution in [1.82, 2.24) is 20.1 Å². The van der Waals surface area contributed by atoms with Crippen molar-refractivity contribution in [2.75, 3.05) is 37.8 Å². The van der Waals surface area contributed by atoms with Crippen molar-refractivity contribution >= 4 is 45.8 Å². The summed E-state index contributed by atoms with van der Waals surface area (Å²) in [6.07, 6.45) is 5.31. The van der Waals surface area contributed by atoms with E-state index < -0.39 is 9.84 Å². The number of carbonyl (C=O) groups is 3. The van der Waals surface area contributed by atoms with Gasteiger partial charge in [-0.05, 0) is 61.6 Å². The second-order valence-corrected chi connectivity index (χ2v) is 13.2. The van der Waals surface area contributed by atoms with Gasteiger partial charge in [0.25, 0.3) is 5.91 Å². The van der Waals surface area contributed by atoms with Crippen LogP contribution in [0, 0.1) is 0 Å². The van der Waals surface area contributed by atoms with Crippen LogP contribution in [0.3, 0.4) is 0 Å². The molecule has 0 radical (unpaired) electrons. The lowest BCUT2D eigenvalue weighted by molar-refractivity contribution is -0.133. The molecule has 1 aliphatic heterocycles. The zero-order valence-corrected chi connectivity index (χ0v) is 27.6. The zero-order chi connectivity index (χ0) is 31.7. The molecule has 0 spiro atoms. The molecule has 2 aromatic carbocycles. The third kappa shape index (κ3) is 10.4. The Morgan fingerprint density at radius 1 is 1.00 bits per heavy atom. The lowest BCUT2D eigenvalue weighted by atomic mass is 9.99. The van der Waals surface area contributed by atoms with Gasteiger partial charge in [0.05, 0.1) is 22.9 Å². The SMILES string of the molecule is CCN(C(=O)Cc1ccc(S(C)(=O)=O)cc1)C1CCN(CC[C@H](NC(=O)c2ccc(NC(C)=O)nc2)c2ccccc2)CC1.Cl. The molecule has 2 N–H and O–H groups in total. The van der Waals surface area contributed by atoms with Gasteiger partial charge in [0.1, 0.15) is 5.82 Å². The minimum absolute atomic E-state index is 0. The summed E-state index contributed by atoms with van der Waals surface area (Å²) < 4.78 is 23.5. The second kappa shape index (κ2) is 16.5. The van der Waals surface area contributed by atoms with E-state index in [1.807, 2.05) is 42.2 Å². The summed E-state index contributed by atoms with van der Waals surface area (Å²) in [7, 11) is -3.28. The third-order valence-electron chi connectivity index (χ3n) is 7.94. The highest BCUT2D eigenvalue weighted by molar-refractivity contribution is 7.90. The van der Waals surface area contributed by atoms with Gasteiger partial charge in [-0.15, -0.1) is 12.4 Å². The molecule has 1 atom stereocenters. The van der Waals surface area contributed by atoms with Crippen LogP contribution >= 0.6 is 12.4 Å². The van der Waals surface area contributed by atoms with Crippen LogP contribution in [0.1, 0.15) is 60.6 Å².